The molecular weight excluding hydrogens is 368 g/mol. The molecule has 0 spiro atoms. The standard InChI is InChI=1S/C19H24N2O5S/c1-3-14-17(19(22)23)27-18(20-14)13-5-4-6-15(24-2)16(13)26-12-9-21-7-10-25-11-8-21/h4-6H,3,7-12H2,1-2H3,(H,22,23). The minimum absolute atomic E-state index is 0.273. The van der Waals surface area contributed by atoms with Crippen molar-refractivity contribution < 1.29 is 24.1 Å². The van der Waals surface area contributed by atoms with Gasteiger partial charge in [0.1, 0.15) is 16.5 Å². The molecule has 146 valence electrons. The van der Waals surface area contributed by atoms with Gasteiger partial charge in [0.05, 0.1) is 31.6 Å². The Hall–Kier alpha value is -2.16. The Morgan fingerprint density at radius 1 is 1.37 bits per heavy atom. The van der Waals surface area contributed by atoms with Gasteiger partial charge >= 0.3 is 5.97 Å². The average molecular weight is 392 g/mol. The van der Waals surface area contributed by atoms with Crippen molar-refractivity contribution >= 4 is 17.3 Å². The zero-order valence-corrected chi connectivity index (χ0v) is 16.4. The first-order valence-electron chi connectivity index (χ1n) is 8.97. The zero-order chi connectivity index (χ0) is 19.2. The molecule has 3 rings (SSSR count). The highest BCUT2D eigenvalue weighted by atomic mass is 32.1. The van der Waals surface area contributed by atoms with E-state index in [1.165, 1.54) is 11.3 Å². The highest BCUT2D eigenvalue weighted by molar-refractivity contribution is 7.17. The van der Waals surface area contributed by atoms with Crippen LogP contribution < -0.4 is 9.47 Å². The van der Waals surface area contributed by atoms with Gasteiger partial charge in [0.25, 0.3) is 0 Å². The number of carboxylic acid groups (broad SMARTS) is 1. The third-order valence-electron chi connectivity index (χ3n) is 4.41. The summed E-state index contributed by atoms with van der Waals surface area (Å²) in [6, 6.07) is 5.58. The highest BCUT2D eigenvalue weighted by Gasteiger charge is 2.21. The predicted molar refractivity (Wildman–Crippen MR) is 103 cm³/mol. The molecule has 1 aliphatic rings. The van der Waals surface area contributed by atoms with Crippen LogP contribution in [0.25, 0.3) is 10.6 Å². The molecule has 8 heteroatoms. The number of hydrogen-bond donors (Lipinski definition) is 1. The van der Waals surface area contributed by atoms with Crippen LogP contribution >= 0.6 is 11.3 Å². The molecule has 1 aromatic carbocycles. The lowest BCUT2D eigenvalue weighted by Crippen LogP contribution is -2.38. The average Bonchev–Trinajstić information content (AvgIpc) is 3.13. The first-order valence-corrected chi connectivity index (χ1v) is 9.79. The number of carbonyl (C=O) groups is 1. The smallest absolute Gasteiger partial charge is 0.347 e. The van der Waals surface area contributed by atoms with Gasteiger partial charge in [-0.3, -0.25) is 4.90 Å². The molecule has 1 saturated heterocycles. The van der Waals surface area contributed by atoms with Crippen molar-refractivity contribution in [2.75, 3.05) is 46.6 Å². The van der Waals surface area contributed by atoms with Gasteiger partial charge in [-0.05, 0) is 18.6 Å². The van der Waals surface area contributed by atoms with E-state index >= 15 is 0 Å². The monoisotopic (exact) mass is 392 g/mol. The minimum Gasteiger partial charge on any atom is -0.493 e. The van der Waals surface area contributed by atoms with Crippen molar-refractivity contribution in [3.8, 4) is 22.1 Å². The van der Waals surface area contributed by atoms with E-state index in [9.17, 15) is 9.90 Å². The third kappa shape index (κ3) is 4.58. The second-order valence-electron chi connectivity index (χ2n) is 6.09. The zero-order valence-electron chi connectivity index (χ0n) is 15.6. The number of morpholine rings is 1. The molecule has 0 unspecified atom stereocenters. The van der Waals surface area contributed by atoms with Crippen LogP contribution in [-0.2, 0) is 11.2 Å². The number of carboxylic acids is 1. The van der Waals surface area contributed by atoms with E-state index in [1.807, 2.05) is 25.1 Å². The minimum atomic E-state index is -0.951. The lowest BCUT2D eigenvalue weighted by atomic mass is 10.2. The van der Waals surface area contributed by atoms with Gasteiger partial charge in [-0.25, -0.2) is 9.78 Å². The second kappa shape index (κ2) is 9.16. The van der Waals surface area contributed by atoms with Crippen LogP contribution in [-0.4, -0.2) is 67.5 Å². The van der Waals surface area contributed by atoms with E-state index in [4.69, 9.17) is 14.2 Å². The molecule has 1 fully saturated rings. The lowest BCUT2D eigenvalue weighted by Gasteiger charge is -2.26. The maximum atomic E-state index is 11.5. The van der Waals surface area contributed by atoms with Crippen LogP contribution in [0.4, 0.5) is 0 Å². The second-order valence-corrected chi connectivity index (χ2v) is 7.09. The fraction of sp³-hybridized carbons (Fsp3) is 0.474. The molecule has 7 nitrogen and oxygen atoms in total. The number of hydrogen-bond acceptors (Lipinski definition) is 7. The summed E-state index contributed by atoms with van der Waals surface area (Å²) < 4.78 is 16.9. The first kappa shape index (κ1) is 19.6. The summed E-state index contributed by atoms with van der Waals surface area (Å²) in [5.74, 6) is 0.259. The number of nitrogens with zero attached hydrogens (tertiary/aromatic N) is 2. The largest absolute Gasteiger partial charge is 0.493 e. The van der Waals surface area contributed by atoms with E-state index in [-0.39, 0.29) is 4.88 Å². The first-order chi connectivity index (χ1) is 13.1. The van der Waals surface area contributed by atoms with Crippen molar-refractivity contribution in [3.05, 3.63) is 28.8 Å². The molecular formula is C19H24N2O5S. The lowest BCUT2D eigenvalue weighted by molar-refractivity contribution is 0.0321. The summed E-state index contributed by atoms with van der Waals surface area (Å²) in [5, 5.41) is 10.0. The van der Waals surface area contributed by atoms with Crippen LogP contribution in [0.3, 0.4) is 0 Å². The van der Waals surface area contributed by atoms with Crippen LogP contribution in [0.5, 0.6) is 11.5 Å². The Kier molecular flexibility index (Phi) is 6.65. The number of aryl methyl sites for hydroxylation is 1. The Morgan fingerprint density at radius 2 is 2.15 bits per heavy atom. The van der Waals surface area contributed by atoms with Crippen LogP contribution in [0.15, 0.2) is 18.2 Å². The van der Waals surface area contributed by atoms with Crippen molar-refractivity contribution in [2.45, 2.75) is 13.3 Å². The van der Waals surface area contributed by atoms with Gasteiger partial charge in [-0.2, -0.15) is 0 Å². The fourth-order valence-corrected chi connectivity index (χ4v) is 3.98. The number of methoxy groups -OCH3 is 1. The molecule has 0 radical (unpaired) electrons. The maximum Gasteiger partial charge on any atom is 0.347 e. The van der Waals surface area contributed by atoms with Crippen LogP contribution in [0.1, 0.15) is 22.3 Å². The van der Waals surface area contributed by atoms with Gasteiger partial charge in [0.2, 0.25) is 0 Å². The van der Waals surface area contributed by atoms with E-state index in [0.29, 0.717) is 35.2 Å². The Morgan fingerprint density at radius 3 is 2.78 bits per heavy atom. The summed E-state index contributed by atoms with van der Waals surface area (Å²) >= 11 is 1.17. The summed E-state index contributed by atoms with van der Waals surface area (Å²) in [4.78, 5) is 18.6. The highest BCUT2D eigenvalue weighted by Crippen LogP contribution is 2.40. The molecule has 27 heavy (non-hydrogen) atoms. The number of rotatable bonds is 8. The van der Waals surface area contributed by atoms with Crippen molar-refractivity contribution in [2.24, 2.45) is 0 Å². The number of aromatic carboxylic acids is 1. The number of thiazole rings is 1. The molecule has 0 atom stereocenters. The van der Waals surface area contributed by atoms with Gasteiger partial charge in [0.15, 0.2) is 11.5 Å². The number of ether oxygens (including phenoxy) is 3. The molecule has 0 aliphatic carbocycles. The van der Waals surface area contributed by atoms with Crippen molar-refractivity contribution in [3.63, 3.8) is 0 Å². The van der Waals surface area contributed by atoms with Crippen molar-refractivity contribution in [1.82, 2.24) is 9.88 Å². The van der Waals surface area contributed by atoms with Crippen LogP contribution in [0, 0.1) is 0 Å². The SMILES string of the molecule is CCc1nc(-c2cccc(OC)c2OCCN2CCOCC2)sc1C(=O)O. The van der Waals surface area contributed by atoms with Gasteiger partial charge in [-0.15, -0.1) is 11.3 Å². The summed E-state index contributed by atoms with van der Waals surface area (Å²) in [6.45, 7) is 6.49. The summed E-state index contributed by atoms with van der Waals surface area (Å²) in [5.41, 5.74) is 1.34. The van der Waals surface area contributed by atoms with E-state index in [0.717, 1.165) is 38.4 Å². The third-order valence-corrected chi connectivity index (χ3v) is 5.53. The van der Waals surface area contributed by atoms with Gasteiger partial charge in [-0.1, -0.05) is 13.0 Å². The van der Waals surface area contributed by atoms with E-state index < -0.39 is 5.97 Å². The molecule has 1 aliphatic heterocycles. The normalized spacial score (nSPS) is 14.9. The van der Waals surface area contributed by atoms with Gasteiger partial charge in [0, 0.05) is 19.6 Å². The summed E-state index contributed by atoms with van der Waals surface area (Å²) in [6.07, 6.45) is 0.565. The quantitative estimate of drug-likeness (QED) is 0.740. The Labute approximate surface area is 162 Å². The Balaban J connectivity index is 1.84. The van der Waals surface area contributed by atoms with Crippen LogP contribution in [0.2, 0.25) is 0 Å². The number of benzene rings is 1. The maximum absolute atomic E-state index is 11.5. The number of para-hydroxylation sites is 1. The molecule has 0 amide bonds. The molecule has 2 aromatic rings. The molecule has 1 N–H and O–H groups in total. The molecule has 1 aromatic heterocycles. The fourth-order valence-electron chi connectivity index (χ4n) is 2.97. The van der Waals surface area contributed by atoms with E-state index in [2.05, 4.69) is 9.88 Å². The molecule has 0 bridgehead atoms. The Bertz CT molecular complexity index is 786. The topological polar surface area (TPSA) is 81.1 Å². The predicted octanol–water partition coefficient (Wildman–Crippen LogP) is 2.79. The summed E-state index contributed by atoms with van der Waals surface area (Å²) in [7, 11) is 1.59. The van der Waals surface area contributed by atoms with E-state index in [1.54, 1.807) is 7.11 Å². The molecule has 0 saturated carbocycles. The van der Waals surface area contributed by atoms with Gasteiger partial charge < -0.3 is 19.3 Å². The molecule has 2 heterocycles. The number of aromatic nitrogens is 1. The van der Waals surface area contributed by atoms with Crippen molar-refractivity contribution in [1.29, 1.82) is 0 Å².